The Morgan fingerprint density at radius 3 is 2.67 bits per heavy atom. The van der Waals surface area contributed by atoms with Gasteiger partial charge in [0.25, 0.3) is 10.0 Å². The van der Waals surface area contributed by atoms with Gasteiger partial charge in [0.1, 0.15) is 17.3 Å². The molecule has 0 saturated heterocycles. The van der Waals surface area contributed by atoms with Crippen LogP contribution in [0, 0.1) is 18.8 Å². The molecule has 0 fully saturated rings. The third kappa shape index (κ3) is 3.81. The zero-order valence-corrected chi connectivity index (χ0v) is 12.2. The predicted molar refractivity (Wildman–Crippen MR) is 80.2 cm³/mol. The maximum Gasteiger partial charge on any atom is 0.264 e. The Kier molecular flexibility index (Phi) is 4.58. The molecule has 0 aliphatic heterocycles. The summed E-state index contributed by atoms with van der Waals surface area (Å²) in [5.41, 5.74) is 1.26. The number of benzene rings is 1. The molecule has 0 saturated carbocycles. The topological polar surface area (TPSA) is 79.3 Å². The zero-order chi connectivity index (χ0) is 15.3. The van der Waals surface area contributed by atoms with Gasteiger partial charge in [-0.25, -0.2) is 13.4 Å². The van der Waals surface area contributed by atoms with E-state index in [1.807, 2.05) is 6.92 Å². The van der Waals surface area contributed by atoms with Gasteiger partial charge >= 0.3 is 0 Å². The van der Waals surface area contributed by atoms with Crippen LogP contribution in [0.25, 0.3) is 0 Å². The van der Waals surface area contributed by atoms with E-state index in [0.29, 0.717) is 5.56 Å². The largest absolute Gasteiger partial charge is 0.384 e. The molecule has 2 aromatic rings. The highest BCUT2D eigenvalue weighted by molar-refractivity contribution is 7.92. The molecule has 0 spiro atoms. The highest BCUT2D eigenvalue weighted by atomic mass is 32.2. The number of aromatic nitrogens is 1. The van der Waals surface area contributed by atoms with Crippen molar-refractivity contribution in [3.8, 4) is 11.8 Å². The Bertz CT molecular complexity index is 788. The van der Waals surface area contributed by atoms with Gasteiger partial charge in [0.05, 0.1) is 0 Å². The van der Waals surface area contributed by atoms with Gasteiger partial charge in [-0.2, -0.15) is 0 Å². The summed E-state index contributed by atoms with van der Waals surface area (Å²) in [5, 5.41) is 8.73. The van der Waals surface area contributed by atoms with Gasteiger partial charge < -0.3 is 5.11 Å². The van der Waals surface area contributed by atoms with E-state index >= 15 is 0 Å². The van der Waals surface area contributed by atoms with E-state index in [0.717, 1.165) is 5.56 Å². The number of hydrogen-bond acceptors (Lipinski definition) is 4. The van der Waals surface area contributed by atoms with E-state index in [4.69, 9.17) is 5.11 Å². The summed E-state index contributed by atoms with van der Waals surface area (Å²) in [6.45, 7) is 1.53. The number of aliphatic hydroxyl groups excluding tert-OH is 1. The molecule has 108 valence electrons. The molecule has 0 unspecified atom stereocenters. The predicted octanol–water partition coefficient (Wildman–Crippen LogP) is 1.53. The zero-order valence-electron chi connectivity index (χ0n) is 11.4. The van der Waals surface area contributed by atoms with Gasteiger partial charge in [-0.15, -0.1) is 0 Å². The normalized spacial score (nSPS) is 10.6. The highest BCUT2D eigenvalue weighted by Gasteiger charge is 2.17. The first-order chi connectivity index (χ1) is 10.0. The molecule has 0 amide bonds. The minimum Gasteiger partial charge on any atom is -0.384 e. The number of aryl methyl sites for hydroxylation is 1. The van der Waals surface area contributed by atoms with Gasteiger partial charge in [-0.1, -0.05) is 30.0 Å². The van der Waals surface area contributed by atoms with Crippen molar-refractivity contribution in [2.45, 2.75) is 11.8 Å². The summed E-state index contributed by atoms with van der Waals surface area (Å²) >= 11 is 0. The van der Waals surface area contributed by atoms with Crippen LogP contribution < -0.4 is 4.72 Å². The number of pyridine rings is 1. The lowest BCUT2D eigenvalue weighted by Crippen LogP contribution is -2.15. The minimum absolute atomic E-state index is 0.0494. The molecule has 21 heavy (non-hydrogen) atoms. The second kappa shape index (κ2) is 6.39. The van der Waals surface area contributed by atoms with Crippen LogP contribution in [-0.4, -0.2) is 25.1 Å². The second-order valence-corrected chi connectivity index (χ2v) is 5.93. The van der Waals surface area contributed by atoms with E-state index in [1.165, 1.54) is 6.07 Å². The van der Waals surface area contributed by atoms with Crippen molar-refractivity contribution >= 4 is 15.8 Å². The van der Waals surface area contributed by atoms with Crippen molar-refractivity contribution in [3.63, 3.8) is 0 Å². The summed E-state index contributed by atoms with van der Waals surface area (Å²) in [6.07, 6.45) is 1.58. The Hall–Kier alpha value is -2.36. The van der Waals surface area contributed by atoms with Crippen LogP contribution in [0.1, 0.15) is 11.1 Å². The molecule has 1 heterocycles. The van der Waals surface area contributed by atoms with E-state index in [1.54, 1.807) is 36.5 Å². The SMILES string of the molecule is Cc1ccc(NS(=O)(=O)c2ccccc2C#CCO)nc1. The van der Waals surface area contributed by atoms with E-state index in [2.05, 4.69) is 21.5 Å². The average Bonchev–Trinajstić information content (AvgIpc) is 2.47. The number of rotatable bonds is 3. The molecule has 1 aromatic heterocycles. The van der Waals surface area contributed by atoms with Gasteiger partial charge in [0, 0.05) is 11.8 Å². The van der Waals surface area contributed by atoms with Gasteiger partial charge in [0.2, 0.25) is 0 Å². The van der Waals surface area contributed by atoms with Gasteiger partial charge in [-0.3, -0.25) is 4.72 Å². The Morgan fingerprint density at radius 1 is 1.24 bits per heavy atom. The number of anilines is 1. The smallest absolute Gasteiger partial charge is 0.264 e. The molecule has 6 heteroatoms. The van der Waals surface area contributed by atoms with Gasteiger partial charge in [0.15, 0.2) is 0 Å². The molecule has 0 aliphatic rings. The molecular formula is C15H14N2O3S. The summed E-state index contributed by atoms with van der Waals surface area (Å²) in [5.74, 6) is 5.31. The molecule has 0 radical (unpaired) electrons. The summed E-state index contributed by atoms with van der Waals surface area (Å²) in [7, 11) is -3.78. The number of aliphatic hydroxyl groups is 1. The average molecular weight is 302 g/mol. The first-order valence-corrected chi connectivity index (χ1v) is 7.65. The van der Waals surface area contributed by atoms with Crippen LogP contribution in [0.2, 0.25) is 0 Å². The highest BCUT2D eigenvalue weighted by Crippen LogP contribution is 2.18. The first kappa shape index (κ1) is 15.0. The fourth-order valence-electron chi connectivity index (χ4n) is 1.66. The van der Waals surface area contributed by atoms with Crippen molar-refractivity contribution in [2.24, 2.45) is 0 Å². The maximum absolute atomic E-state index is 12.4. The van der Waals surface area contributed by atoms with E-state index in [9.17, 15) is 8.42 Å². The van der Waals surface area contributed by atoms with Crippen LogP contribution in [0.3, 0.4) is 0 Å². The minimum atomic E-state index is -3.78. The molecular weight excluding hydrogens is 288 g/mol. The quantitative estimate of drug-likeness (QED) is 0.843. The lowest BCUT2D eigenvalue weighted by atomic mass is 10.2. The number of sulfonamides is 1. The molecule has 0 aliphatic carbocycles. The maximum atomic E-state index is 12.4. The number of nitrogens with one attached hydrogen (secondary N) is 1. The molecule has 1 aromatic carbocycles. The van der Waals surface area contributed by atoms with Crippen LogP contribution >= 0.6 is 0 Å². The first-order valence-electron chi connectivity index (χ1n) is 6.17. The molecule has 0 bridgehead atoms. The van der Waals surface area contributed by atoms with Crippen LogP contribution in [0.4, 0.5) is 5.82 Å². The second-order valence-electron chi connectivity index (χ2n) is 4.28. The summed E-state index contributed by atoms with van der Waals surface area (Å²) in [6, 6.07) is 9.70. The standard InChI is InChI=1S/C15H14N2O3S/c1-12-8-9-15(16-11-12)17-21(19,20)14-7-3-2-5-13(14)6-4-10-18/h2-3,5,7-9,11,18H,10H2,1H3,(H,16,17). The van der Waals surface area contributed by atoms with Crippen LogP contribution in [0.5, 0.6) is 0 Å². The Morgan fingerprint density at radius 2 is 2.00 bits per heavy atom. The molecule has 2 rings (SSSR count). The van der Waals surface area contributed by atoms with Crippen molar-refractivity contribution < 1.29 is 13.5 Å². The summed E-state index contributed by atoms with van der Waals surface area (Å²) in [4.78, 5) is 4.06. The van der Waals surface area contributed by atoms with Crippen molar-refractivity contribution in [3.05, 3.63) is 53.7 Å². The van der Waals surface area contributed by atoms with Crippen LogP contribution in [-0.2, 0) is 10.0 Å². The lowest BCUT2D eigenvalue weighted by molar-refractivity contribution is 0.350. The van der Waals surface area contributed by atoms with Crippen molar-refractivity contribution in [1.82, 2.24) is 4.98 Å². The summed E-state index contributed by atoms with van der Waals surface area (Å²) < 4.78 is 27.2. The lowest BCUT2D eigenvalue weighted by Gasteiger charge is -2.09. The van der Waals surface area contributed by atoms with E-state index < -0.39 is 10.0 Å². The number of hydrogen-bond donors (Lipinski definition) is 2. The fourth-order valence-corrected chi connectivity index (χ4v) is 2.83. The van der Waals surface area contributed by atoms with E-state index in [-0.39, 0.29) is 17.3 Å². The molecule has 5 nitrogen and oxygen atoms in total. The fraction of sp³-hybridized carbons (Fsp3) is 0.133. The molecule has 2 N–H and O–H groups in total. The third-order valence-corrected chi connectivity index (χ3v) is 4.04. The van der Waals surface area contributed by atoms with Crippen molar-refractivity contribution in [2.75, 3.05) is 11.3 Å². The third-order valence-electron chi connectivity index (χ3n) is 2.63. The van der Waals surface area contributed by atoms with Crippen molar-refractivity contribution in [1.29, 1.82) is 0 Å². The van der Waals surface area contributed by atoms with Gasteiger partial charge in [-0.05, 0) is 30.7 Å². The Labute approximate surface area is 123 Å². The Balaban J connectivity index is 2.38. The monoisotopic (exact) mass is 302 g/mol. The molecule has 0 atom stereocenters. The number of nitrogens with zero attached hydrogens (tertiary/aromatic N) is 1. The van der Waals surface area contributed by atoms with Crippen LogP contribution in [0.15, 0.2) is 47.5 Å².